The van der Waals surface area contributed by atoms with Crippen LogP contribution in [0.5, 0.6) is 0 Å². The Kier molecular flexibility index (Phi) is 16.9. The second kappa shape index (κ2) is 24.6. The second-order valence-corrected chi connectivity index (χ2v) is 26.6. The lowest BCUT2D eigenvalue weighted by atomic mass is 9.72. The van der Waals surface area contributed by atoms with Gasteiger partial charge in [-0.25, -0.2) is 36.6 Å². The van der Waals surface area contributed by atoms with Gasteiger partial charge in [0.05, 0.1) is 63.5 Å². The lowest BCUT2D eigenvalue weighted by Gasteiger charge is -2.61. The maximum atomic E-state index is 15.5. The number of aryl methyl sites for hydroxylation is 2. The number of halogens is 4. The van der Waals surface area contributed by atoms with Crippen molar-refractivity contribution in [3.05, 3.63) is 117 Å². The lowest BCUT2D eigenvalue weighted by molar-refractivity contribution is -0.151. The number of carboxylic acids is 1. The Morgan fingerprint density at radius 2 is 1.04 bits per heavy atom. The summed E-state index contributed by atoms with van der Waals surface area (Å²) in [5, 5.41) is 42.0. The van der Waals surface area contributed by atoms with Crippen LogP contribution in [0.2, 0.25) is 0 Å². The van der Waals surface area contributed by atoms with Crippen LogP contribution in [0.4, 0.5) is 50.6 Å². The first-order chi connectivity index (χ1) is 42.8. The maximum absolute atomic E-state index is 15.5. The lowest BCUT2D eigenvalue weighted by Crippen LogP contribution is -2.73. The summed E-state index contributed by atoms with van der Waals surface area (Å²) in [6.45, 7) is 14.3. The molecule has 14 rings (SSSR count). The van der Waals surface area contributed by atoms with Gasteiger partial charge >= 0.3 is 5.97 Å². The zero-order valence-electron chi connectivity index (χ0n) is 50.6. The third-order valence-corrected chi connectivity index (χ3v) is 20.4. The summed E-state index contributed by atoms with van der Waals surface area (Å²) in [5.74, 6) is -1.65. The van der Waals surface area contributed by atoms with E-state index in [4.69, 9.17) is 15.1 Å². The van der Waals surface area contributed by atoms with E-state index < -0.39 is 5.97 Å². The van der Waals surface area contributed by atoms with Crippen LogP contribution in [0.25, 0.3) is 33.5 Å². The first-order valence-corrected chi connectivity index (χ1v) is 31.7. The number of hydrogen-bond acceptors (Lipinski definition) is 17. The fourth-order valence-corrected chi connectivity index (χ4v) is 14.9. The molecule has 12 heterocycles. The fourth-order valence-electron chi connectivity index (χ4n) is 13.2. The Morgan fingerprint density at radius 1 is 0.640 bits per heavy atom. The van der Waals surface area contributed by atoms with Crippen molar-refractivity contribution in [2.45, 2.75) is 52.4 Å². The van der Waals surface area contributed by atoms with Crippen molar-refractivity contribution in [2.75, 3.05) is 126 Å². The van der Waals surface area contributed by atoms with Gasteiger partial charge in [0, 0.05) is 94.3 Å². The van der Waals surface area contributed by atoms with E-state index in [0.717, 1.165) is 125 Å². The van der Waals surface area contributed by atoms with Crippen molar-refractivity contribution < 1.29 is 32.3 Å². The number of piperidine rings is 2. The predicted octanol–water partition coefficient (Wildman–Crippen LogP) is 9.69. The molecule has 0 unspecified atom stereocenters. The van der Waals surface area contributed by atoms with Crippen LogP contribution in [0, 0.1) is 68.6 Å². The van der Waals surface area contributed by atoms with Crippen LogP contribution in [-0.4, -0.2) is 168 Å². The number of fused-ring (bicyclic) bond motifs is 2. The van der Waals surface area contributed by atoms with Crippen LogP contribution in [0.3, 0.4) is 0 Å². The van der Waals surface area contributed by atoms with E-state index in [1.54, 1.807) is 33.3 Å². The summed E-state index contributed by atoms with van der Waals surface area (Å²) >= 11 is 2.51. The Bertz CT molecular complexity index is 4040. The molecule has 464 valence electrons. The Hall–Kier alpha value is -8.20. The summed E-state index contributed by atoms with van der Waals surface area (Å²) in [4.78, 5) is 48.2. The molecule has 6 saturated heterocycles. The van der Waals surface area contributed by atoms with Crippen LogP contribution in [0.1, 0.15) is 60.7 Å². The van der Waals surface area contributed by atoms with Gasteiger partial charge in [-0.2, -0.15) is 20.7 Å². The third-order valence-electron chi connectivity index (χ3n) is 18.4. The molecule has 89 heavy (non-hydrogen) atoms. The van der Waals surface area contributed by atoms with E-state index in [9.17, 15) is 28.9 Å². The normalized spacial score (nSPS) is 18.0. The monoisotopic (exact) mass is 1250 g/mol. The van der Waals surface area contributed by atoms with Crippen LogP contribution < -0.4 is 24.9 Å². The van der Waals surface area contributed by atoms with Gasteiger partial charge in [-0.05, 0) is 139 Å². The third kappa shape index (κ3) is 11.9. The van der Waals surface area contributed by atoms with Crippen molar-refractivity contribution in [3.63, 3.8) is 0 Å². The Labute approximate surface area is 521 Å². The number of carbonyl (C=O) groups excluding carboxylic acids is 1. The molecule has 8 aromatic rings. The van der Waals surface area contributed by atoms with Gasteiger partial charge in [0.1, 0.15) is 44.9 Å². The maximum Gasteiger partial charge on any atom is 0.306 e. The molecule has 6 aromatic heterocycles. The topological polar surface area (TPSA) is 197 Å². The van der Waals surface area contributed by atoms with Gasteiger partial charge in [0.2, 0.25) is 5.91 Å². The molecule has 2 N–H and O–H groups in total. The van der Waals surface area contributed by atoms with Crippen molar-refractivity contribution in [1.29, 1.82) is 10.5 Å². The molecule has 0 atom stereocenters. The number of benzene rings is 2. The molecule has 6 aliphatic rings. The highest BCUT2D eigenvalue weighted by atomic mass is 32.1. The predicted molar refractivity (Wildman–Crippen MR) is 336 cm³/mol. The number of aliphatic carboxylic acids is 1. The molecule has 0 bridgehead atoms. The second-order valence-electron chi connectivity index (χ2n) is 24.7. The zero-order valence-corrected chi connectivity index (χ0v) is 52.2. The van der Waals surface area contributed by atoms with Gasteiger partial charge in [-0.3, -0.25) is 9.59 Å². The minimum Gasteiger partial charge on any atom is -0.481 e. The summed E-state index contributed by atoms with van der Waals surface area (Å²) < 4.78 is 60.6. The highest BCUT2D eigenvalue weighted by molar-refractivity contribution is 7.17. The number of carboxylic acid groups (broad SMARTS) is 1. The SMILES string of the molecule is CCc1nn2cc(F)c(N3CC4(CN(C(=O)C5CCN(C)CC5)C4)C3)cc2c1N(C)c1nc(-c2ccc(F)cc2)c(C#N)s1.CCc1nn2cc(F)c(N3CC4(CNC4)C3)cc2c1N(C)c1nc(-c2ccc(F)cc2)c(C#N)s1.CN1CCC(C(=O)O)CC1. The largest absolute Gasteiger partial charge is 0.481 e. The number of nitriles is 2. The standard InChI is InChI=1S/C32H34F2N8OS.C25H23F2N7S.C7H13NO2/c1-4-24-29(39(3)31-36-28(27(14-35)44-31)20-5-7-22(33)8-6-20)26-13-25(23(34)15-42(26)37-24)40-16-32(17-40)18-41(19-32)30(43)21-9-11-38(2)12-10-21;1-3-18-23(32(2)24-30-22(21(9-28)35-24)15-4-6-16(26)7-5-15)20-8-19(17(27)10-34(20)31-18)33-13-25(14-33)11-29-12-25;1-8-4-2-6(3-5-8)7(9)10/h5-8,13,15,21H,4,9-12,16-19H2,1-3H3;4-8,10,29H,3,11-14H2,1-2H3;6H,2-5H2,1H3,(H,9,10). The number of carbonyl (C=O) groups is 2. The molecule has 0 saturated carbocycles. The summed E-state index contributed by atoms with van der Waals surface area (Å²) in [6.07, 6.45) is 7.60. The molecular formula is C64H70F4N16O3S2. The van der Waals surface area contributed by atoms with Crippen LogP contribution in [-0.2, 0) is 22.4 Å². The number of pyridine rings is 2. The molecule has 0 aliphatic carbocycles. The number of thiazole rings is 2. The summed E-state index contributed by atoms with van der Waals surface area (Å²) in [6, 6.07) is 20.0. The van der Waals surface area contributed by atoms with Gasteiger partial charge in [0.15, 0.2) is 21.9 Å². The summed E-state index contributed by atoms with van der Waals surface area (Å²) in [5.41, 5.74) is 8.49. The van der Waals surface area contributed by atoms with Crippen LogP contribution in [0.15, 0.2) is 73.1 Å². The van der Waals surface area contributed by atoms with Crippen molar-refractivity contribution in [3.8, 4) is 34.7 Å². The van der Waals surface area contributed by atoms with Gasteiger partial charge in [0.25, 0.3) is 0 Å². The smallest absolute Gasteiger partial charge is 0.306 e. The van der Waals surface area contributed by atoms with E-state index in [1.807, 2.05) is 61.8 Å². The van der Waals surface area contributed by atoms with E-state index in [1.165, 1.54) is 59.3 Å². The average molecular weight is 1250 g/mol. The van der Waals surface area contributed by atoms with Gasteiger partial charge in [-0.15, -0.1) is 0 Å². The van der Waals surface area contributed by atoms with E-state index in [2.05, 4.69) is 54.3 Å². The Balaban J connectivity index is 0.000000152. The average Bonchev–Trinajstić information content (AvgIpc) is 1.61. The molecule has 19 nitrogen and oxygen atoms in total. The molecule has 2 aromatic carbocycles. The molecule has 25 heteroatoms. The Morgan fingerprint density at radius 3 is 1.42 bits per heavy atom. The van der Waals surface area contributed by atoms with E-state index in [0.29, 0.717) is 79.8 Å². The molecule has 6 aliphatic heterocycles. The summed E-state index contributed by atoms with van der Waals surface area (Å²) in [7, 11) is 7.88. The first-order valence-electron chi connectivity index (χ1n) is 30.1. The number of anilines is 6. The highest BCUT2D eigenvalue weighted by Gasteiger charge is 2.54. The van der Waals surface area contributed by atoms with Gasteiger partial charge < -0.3 is 44.7 Å². The van der Waals surface area contributed by atoms with Gasteiger partial charge in [-0.1, -0.05) is 36.5 Å². The highest BCUT2D eigenvalue weighted by Crippen LogP contribution is 2.47. The molecule has 0 radical (unpaired) electrons. The number of amides is 1. The van der Waals surface area contributed by atoms with Crippen LogP contribution >= 0.6 is 22.7 Å². The molecule has 2 spiro atoms. The van der Waals surface area contributed by atoms with Crippen molar-refractivity contribution >= 4 is 78.6 Å². The molecule has 6 fully saturated rings. The molecular weight excluding hydrogens is 1180 g/mol. The number of hydrogen-bond donors (Lipinski definition) is 2. The number of nitrogens with one attached hydrogen (secondary N) is 1. The minimum absolute atomic E-state index is 0.0273. The van der Waals surface area contributed by atoms with E-state index >= 15 is 8.78 Å². The first kappa shape index (κ1) is 61.1. The number of nitrogens with zero attached hydrogens (tertiary/aromatic N) is 15. The van der Waals surface area contributed by atoms with Crippen molar-refractivity contribution in [1.82, 2.24) is 49.2 Å². The number of likely N-dealkylation sites (tertiary alicyclic amines) is 3. The zero-order chi connectivity index (χ0) is 62.6. The molecule has 1 amide bonds. The quantitative estimate of drug-likeness (QED) is 0.110. The fraction of sp³-hybridized carbons (Fsp3) is 0.438. The number of aromatic nitrogens is 6. The van der Waals surface area contributed by atoms with Crippen molar-refractivity contribution in [2.24, 2.45) is 22.7 Å². The van der Waals surface area contributed by atoms with E-state index in [-0.39, 0.29) is 51.8 Å². The number of rotatable bonds is 12. The minimum atomic E-state index is -0.631.